The zero-order chi connectivity index (χ0) is 15.1. The van der Waals surface area contributed by atoms with Gasteiger partial charge in [-0.25, -0.2) is 5.84 Å². The number of amides is 1. The lowest BCUT2D eigenvalue weighted by Gasteiger charge is -2.07. The Morgan fingerprint density at radius 3 is 2.65 bits per heavy atom. The van der Waals surface area contributed by atoms with Crippen LogP contribution in [0.5, 0.6) is 5.75 Å². The number of carbonyl (C=O) groups excluding carboxylic acids is 2. The summed E-state index contributed by atoms with van der Waals surface area (Å²) >= 11 is 0. The number of nitrogens with two attached hydrogens (primary N) is 2. The molecule has 10 heteroatoms. The molecule has 108 valence electrons. The summed E-state index contributed by atoms with van der Waals surface area (Å²) in [6.07, 6.45) is -0.168. The first kappa shape index (κ1) is 15.3. The molecular formula is C10H12N4O6. The first-order valence-corrected chi connectivity index (χ1v) is 5.32. The van der Waals surface area contributed by atoms with Gasteiger partial charge in [-0.05, 0) is 12.1 Å². The summed E-state index contributed by atoms with van der Waals surface area (Å²) in [6, 6.07) is 3.51. The van der Waals surface area contributed by atoms with Gasteiger partial charge >= 0.3 is 11.7 Å². The van der Waals surface area contributed by atoms with Crippen molar-refractivity contribution in [2.45, 2.75) is 6.42 Å². The monoisotopic (exact) mass is 284 g/mol. The molecule has 0 saturated heterocycles. The number of nitro benzene ring substituents is 1. The lowest BCUT2D eigenvalue weighted by Crippen LogP contribution is -2.27. The molecule has 0 spiro atoms. The van der Waals surface area contributed by atoms with E-state index in [1.807, 2.05) is 0 Å². The van der Waals surface area contributed by atoms with Crippen molar-refractivity contribution in [3.05, 3.63) is 33.9 Å². The predicted molar refractivity (Wildman–Crippen MR) is 65.1 cm³/mol. The molecule has 20 heavy (non-hydrogen) atoms. The fraction of sp³-hybridized carbons (Fsp3) is 0.200. The second kappa shape index (κ2) is 7.01. The number of hydrazine groups is 1. The maximum Gasteiger partial charge on any atom is 0.329 e. The van der Waals surface area contributed by atoms with Crippen molar-refractivity contribution < 1.29 is 24.1 Å². The maximum absolute atomic E-state index is 11.0. The third-order valence-corrected chi connectivity index (χ3v) is 2.18. The fourth-order valence-electron chi connectivity index (χ4n) is 1.30. The van der Waals surface area contributed by atoms with E-state index >= 15 is 0 Å². The first-order chi connectivity index (χ1) is 9.45. The molecular weight excluding hydrogens is 272 g/mol. The summed E-state index contributed by atoms with van der Waals surface area (Å²) < 4.78 is 5.09. The van der Waals surface area contributed by atoms with E-state index < -0.39 is 22.5 Å². The molecule has 0 bridgehead atoms. The number of rotatable bonds is 7. The Morgan fingerprint density at radius 2 is 2.10 bits per heavy atom. The summed E-state index contributed by atoms with van der Waals surface area (Å²) in [5, 5.41) is 10.9. The average molecular weight is 284 g/mol. The highest BCUT2D eigenvalue weighted by atomic mass is 16.7. The molecule has 1 aromatic rings. The Labute approximate surface area is 112 Å². The zero-order valence-electron chi connectivity index (χ0n) is 10.2. The van der Waals surface area contributed by atoms with Crippen molar-refractivity contribution >= 4 is 17.6 Å². The van der Waals surface area contributed by atoms with E-state index in [0.29, 0.717) is 0 Å². The highest BCUT2D eigenvalue weighted by Gasteiger charge is 2.18. The van der Waals surface area contributed by atoms with E-state index in [1.54, 1.807) is 5.59 Å². The zero-order valence-corrected chi connectivity index (χ0v) is 10.2. The van der Waals surface area contributed by atoms with E-state index in [-0.39, 0.29) is 24.3 Å². The second-order valence-electron chi connectivity index (χ2n) is 3.49. The normalized spacial score (nSPS) is 9.85. The topological polar surface area (TPSA) is 160 Å². The van der Waals surface area contributed by atoms with Crippen molar-refractivity contribution in [1.82, 2.24) is 5.59 Å². The molecule has 10 nitrogen and oxygen atoms in total. The van der Waals surface area contributed by atoms with Gasteiger partial charge in [-0.2, -0.15) is 0 Å². The molecule has 0 atom stereocenters. The largest absolute Gasteiger partial charge is 0.486 e. The van der Waals surface area contributed by atoms with Gasteiger partial charge in [0.15, 0.2) is 5.75 Å². The van der Waals surface area contributed by atoms with Crippen molar-refractivity contribution in [2.75, 3.05) is 6.61 Å². The number of hydrogen-bond acceptors (Lipinski definition) is 8. The van der Waals surface area contributed by atoms with Crippen LogP contribution in [0, 0.1) is 10.1 Å². The van der Waals surface area contributed by atoms with Crippen molar-refractivity contribution in [2.24, 2.45) is 11.6 Å². The van der Waals surface area contributed by atoms with E-state index in [0.717, 1.165) is 6.07 Å². The Balaban J connectivity index is 2.77. The quantitative estimate of drug-likeness (QED) is 0.339. The van der Waals surface area contributed by atoms with Crippen LogP contribution in [0.15, 0.2) is 18.2 Å². The maximum atomic E-state index is 11.0. The standard InChI is InChI=1S/C10H12N4O6/c11-10(16)6-1-2-8(7(5-6)14(17)18)19-4-3-9(15)20-13-12/h1-2,5,13H,3-4,12H2,(H2,11,16). The molecule has 0 aromatic heterocycles. The number of nitrogens with one attached hydrogen (secondary N) is 1. The smallest absolute Gasteiger partial charge is 0.329 e. The number of nitro groups is 1. The molecule has 1 amide bonds. The van der Waals surface area contributed by atoms with Gasteiger partial charge < -0.3 is 15.3 Å². The van der Waals surface area contributed by atoms with Gasteiger partial charge in [0.25, 0.3) is 0 Å². The highest BCUT2D eigenvalue weighted by Crippen LogP contribution is 2.27. The van der Waals surface area contributed by atoms with Crippen molar-refractivity contribution in [3.8, 4) is 5.75 Å². The summed E-state index contributed by atoms with van der Waals surface area (Å²) in [6.45, 7) is -0.155. The summed E-state index contributed by atoms with van der Waals surface area (Å²) in [5.74, 6) is 3.18. The molecule has 5 N–H and O–H groups in total. The fourth-order valence-corrected chi connectivity index (χ4v) is 1.30. The number of nitrogens with zero attached hydrogens (tertiary/aromatic N) is 1. The van der Waals surface area contributed by atoms with Gasteiger partial charge in [-0.15, -0.1) is 0 Å². The number of benzene rings is 1. The molecule has 0 saturated carbocycles. The minimum absolute atomic E-state index is 0.0178. The van der Waals surface area contributed by atoms with Crippen LogP contribution < -0.4 is 21.9 Å². The number of primary amides is 1. The van der Waals surface area contributed by atoms with E-state index in [9.17, 15) is 19.7 Å². The SMILES string of the molecule is NNOC(=O)CCOc1ccc(C(N)=O)cc1[N+](=O)[O-]. The minimum atomic E-state index is -0.794. The number of carbonyl (C=O) groups is 2. The Morgan fingerprint density at radius 1 is 1.40 bits per heavy atom. The third-order valence-electron chi connectivity index (χ3n) is 2.18. The molecule has 0 radical (unpaired) electrons. The summed E-state index contributed by atoms with van der Waals surface area (Å²) in [5.41, 5.74) is 6.28. The van der Waals surface area contributed by atoms with Gasteiger partial charge in [-0.1, -0.05) is 5.59 Å². The Kier molecular flexibility index (Phi) is 5.38. The van der Waals surface area contributed by atoms with Gasteiger partial charge in [-0.3, -0.25) is 19.7 Å². The Hall–Kier alpha value is -2.72. The van der Waals surface area contributed by atoms with Crippen molar-refractivity contribution in [1.29, 1.82) is 0 Å². The van der Waals surface area contributed by atoms with E-state index in [2.05, 4.69) is 4.84 Å². The molecule has 0 aliphatic rings. The lowest BCUT2D eigenvalue weighted by molar-refractivity contribution is -0.385. The van der Waals surface area contributed by atoms with Gasteiger partial charge in [0.2, 0.25) is 5.91 Å². The van der Waals surface area contributed by atoms with Crippen LogP contribution in [0.1, 0.15) is 16.8 Å². The second-order valence-corrected chi connectivity index (χ2v) is 3.49. The van der Waals surface area contributed by atoms with Crippen LogP contribution in [0.4, 0.5) is 5.69 Å². The van der Waals surface area contributed by atoms with Crippen LogP contribution in [0.3, 0.4) is 0 Å². The van der Waals surface area contributed by atoms with Crippen LogP contribution in [-0.2, 0) is 9.63 Å². The van der Waals surface area contributed by atoms with E-state index in [4.69, 9.17) is 16.3 Å². The minimum Gasteiger partial charge on any atom is -0.486 e. The van der Waals surface area contributed by atoms with Crippen LogP contribution in [-0.4, -0.2) is 23.4 Å². The highest BCUT2D eigenvalue weighted by molar-refractivity contribution is 5.93. The van der Waals surface area contributed by atoms with Crippen molar-refractivity contribution in [3.63, 3.8) is 0 Å². The van der Waals surface area contributed by atoms with Crippen LogP contribution in [0.2, 0.25) is 0 Å². The van der Waals surface area contributed by atoms with Crippen LogP contribution in [0.25, 0.3) is 0 Å². The first-order valence-electron chi connectivity index (χ1n) is 5.32. The molecule has 0 aliphatic heterocycles. The summed E-state index contributed by atoms with van der Waals surface area (Å²) in [4.78, 5) is 36.2. The predicted octanol–water partition coefficient (Wildman–Crippen LogP) is -0.616. The average Bonchev–Trinajstić information content (AvgIpc) is 2.38. The van der Waals surface area contributed by atoms with Gasteiger partial charge in [0.05, 0.1) is 18.0 Å². The molecule has 1 rings (SSSR count). The number of hydrogen-bond donors (Lipinski definition) is 3. The Bertz CT molecular complexity index is 532. The molecule has 0 fully saturated rings. The van der Waals surface area contributed by atoms with Gasteiger partial charge in [0.1, 0.15) is 0 Å². The van der Waals surface area contributed by atoms with Gasteiger partial charge in [0, 0.05) is 11.6 Å². The van der Waals surface area contributed by atoms with Crippen LogP contribution >= 0.6 is 0 Å². The third kappa shape index (κ3) is 4.19. The molecule has 1 aromatic carbocycles. The van der Waals surface area contributed by atoms with E-state index in [1.165, 1.54) is 12.1 Å². The summed E-state index contributed by atoms with van der Waals surface area (Å²) in [7, 11) is 0. The molecule has 0 unspecified atom stereocenters. The molecule has 0 heterocycles. The lowest BCUT2D eigenvalue weighted by atomic mass is 10.2. The molecule has 0 aliphatic carbocycles. The number of ether oxygens (including phenoxy) is 1.